The number of rotatable bonds is 6. The van der Waals surface area contributed by atoms with Crippen molar-refractivity contribution in [2.75, 3.05) is 31.2 Å². The number of fused-ring (bicyclic) bond motifs is 2. The van der Waals surface area contributed by atoms with Crippen LogP contribution in [0.1, 0.15) is 49.8 Å². The second-order valence-corrected chi connectivity index (χ2v) is 10.2. The molecule has 2 aromatic rings. The van der Waals surface area contributed by atoms with Crippen LogP contribution in [0.25, 0.3) is 0 Å². The maximum Gasteiger partial charge on any atom is 0.226 e. The molecule has 1 saturated heterocycles. The van der Waals surface area contributed by atoms with Crippen molar-refractivity contribution in [2.24, 2.45) is 0 Å². The van der Waals surface area contributed by atoms with Crippen LogP contribution in [-0.4, -0.2) is 49.2 Å². The highest BCUT2D eigenvalue weighted by Gasteiger charge is 2.34. The van der Waals surface area contributed by atoms with E-state index in [2.05, 4.69) is 39.9 Å². The van der Waals surface area contributed by atoms with Gasteiger partial charge in [0.25, 0.3) is 0 Å². The van der Waals surface area contributed by atoms with Crippen LogP contribution in [0.3, 0.4) is 0 Å². The molecule has 1 unspecified atom stereocenters. The first-order chi connectivity index (χ1) is 16.1. The zero-order chi connectivity index (χ0) is 22.9. The van der Waals surface area contributed by atoms with E-state index in [9.17, 15) is 4.79 Å². The average molecular weight is 550 g/mol. The van der Waals surface area contributed by atoms with Crippen LogP contribution in [-0.2, 0) is 24.1 Å². The molecule has 1 amide bonds. The second-order valence-electron chi connectivity index (χ2n) is 9.38. The molecule has 34 heavy (non-hydrogen) atoms. The van der Waals surface area contributed by atoms with Gasteiger partial charge < -0.3 is 19.3 Å². The zero-order valence-corrected chi connectivity index (χ0v) is 22.4. The number of carbonyl (C=O) groups is 1. The van der Waals surface area contributed by atoms with Gasteiger partial charge in [0.05, 0.1) is 17.7 Å². The van der Waals surface area contributed by atoms with Crippen molar-refractivity contribution in [3.05, 3.63) is 51.5 Å². The molecule has 3 aliphatic rings. The van der Waals surface area contributed by atoms with E-state index in [1.165, 1.54) is 16.7 Å². The highest BCUT2D eigenvalue weighted by atomic mass is 79.9. The van der Waals surface area contributed by atoms with Gasteiger partial charge in [0, 0.05) is 66.8 Å². The largest absolute Gasteiger partial charge is 0.493 e. The number of para-hydroxylation sites is 1. The van der Waals surface area contributed by atoms with Gasteiger partial charge in [-0.1, -0.05) is 25.1 Å². The fraction of sp³-hybridized carbons (Fsp3) is 0.519. The zero-order valence-electron chi connectivity index (χ0n) is 20.0. The Hall–Kier alpha value is -1.76. The molecule has 3 aliphatic heterocycles. The Balaban J connectivity index is 0.00000274. The van der Waals surface area contributed by atoms with Gasteiger partial charge in [-0.2, -0.15) is 0 Å². The van der Waals surface area contributed by atoms with Crippen molar-refractivity contribution in [3.63, 3.8) is 0 Å². The SMILES string of the molecule is CCC(=O)N(c1ccccc1)C1CCN(C(C)Cc2c3c(c(Br)c4c2OCC4)OCC3)CC1.Cl. The van der Waals surface area contributed by atoms with Crippen LogP contribution < -0.4 is 14.4 Å². The molecular weight excluding hydrogens is 516 g/mol. The lowest BCUT2D eigenvalue weighted by Gasteiger charge is -2.41. The first-order valence-corrected chi connectivity index (χ1v) is 13.1. The number of hydrogen-bond donors (Lipinski definition) is 0. The van der Waals surface area contributed by atoms with Crippen molar-refractivity contribution in [2.45, 2.75) is 64.5 Å². The maximum absolute atomic E-state index is 12.8. The Morgan fingerprint density at radius 2 is 1.74 bits per heavy atom. The Labute approximate surface area is 217 Å². The Morgan fingerprint density at radius 1 is 1.09 bits per heavy atom. The van der Waals surface area contributed by atoms with Crippen LogP contribution in [0, 0.1) is 0 Å². The summed E-state index contributed by atoms with van der Waals surface area (Å²) in [4.78, 5) is 17.4. The van der Waals surface area contributed by atoms with E-state index in [1.54, 1.807) is 0 Å². The summed E-state index contributed by atoms with van der Waals surface area (Å²) in [5.41, 5.74) is 4.97. The van der Waals surface area contributed by atoms with Crippen LogP contribution in [0.5, 0.6) is 11.5 Å². The minimum Gasteiger partial charge on any atom is -0.493 e. The van der Waals surface area contributed by atoms with E-state index in [4.69, 9.17) is 9.47 Å². The third-order valence-electron chi connectivity index (χ3n) is 7.44. The summed E-state index contributed by atoms with van der Waals surface area (Å²) >= 11 is 3.77. The number of anilines is 1. The Kier molecular flexibility index (Phi) is 8.11. The highest BCUT2D eigenvalue weighted by Crippen LogP contribution is 2.47. The van der Waals surface area contributed by atoms with Gasteiger partial charge in [-0.05, 0) is 54.2 Å². The lowest BCUT2D eigenvalue weighted by Crippen LogP contribution is -2.50. The third kappa shape index (κ3) is 4.69. The molecule has 0 N–H and O–H groups in total. The molecule has 3 heterocycles. The molecule has 5 nitrogen and oxygen atoms in total. The lowest BCUT2D eigenvalue weighted by molar-refractivity contribution is -0.119. The van der Waals surface area contributed by atoms with Crippen molar-refractivity contribution in [1.82, 2.24) is 4.90 Å². The maximum atomic E-state index is 12.8. The molecule has 0 bridgehead atoms. The van der Waals surface area contributed by atoms with Crippen molar-refractivity contribution in [1.29, 1.82) is 0 Å². The number of benzene rings is 2. The van der Waals surface area contributed by atoms with Gasteiger partial charge >= 0.3 is 0 Å². The first-order valence-electron chi connectivity index (χ1n) is 12.3. The predicted octanol–water partition coefficient (Wildman–Crippen LogP) is 5.58. The van der Waals surface area contributed by atoms with Crippen LogP contribution in [0.15, 0.2) is 34.8 Å². The second kappa shape index (κ2) is 10.9. The molecule has 5 rings (SSSR count). The summed E-state index contributed by atoms with van der Waals surface area (Å²) in [6.07, 6.45) is 5.41. The molecule has 184 valence electrons. The molecule has 0 spiro atoms. The highest BCUT2D eigenvalue weighted by molar-refractivity contribution is 9.10. The van der Waals surface area contributed by atoms with E-state index in [0.717, 1.165) is 80.1 Å². The van der Waals surface area contributed by atoms with Gasteiger partial charge in [0.15, 0.2) is 0 Å². The molecule has 1 atom stereocenters. The van der Waals surface area contributed by atoms with Crippen LogP contribution in [0.4, 0.5) is 5.69 Å². The van der Waals surface area contributed by atoms with Gasteiger partial charge in [0.2, 0.25) is 5.91 Å². The monoisotopic (exact) mass is 548 g/mol. The minimum atomic E-state index is 0. The van der Waals surface area contributed by atoms with Gasteiger partial charge in [-0.25, -0.2) is 0 Å². The van der Waals surface area contributed by atoms with Crippen molar-refractivity contribution < 1.29 is 14.3 Å². The Bertz CT molecular complexity index is 989. The third-order valence-corrected chi connectivity index (χ3v) is 8.28. The number of carbonyl (C=O) groups excluding carboxylic acids is 1. The quantitative estimate of drug-likeness (QED) is 0.472. The van der Waals surface area contributed by atoms with Crippen LogP contribution in [0.2, 0.25) is 0 Å². The summed E-state index contributed by atoms with van der Waals surface area (Å²) < 4.78 is 13.2. The summed E-state index contributed by atoms with van der Waals surface area (Å²) in [5, 5.41) is 0. The topological polar surface area (TPSA) is 42.0 Å². The lowest BCUT2D eigenvalue weighted by atomic mass is 9.93. The number of nitrogens with zero attached hydrogens (tertiary/aromatic N) is 2. The van der Waals surface area contributed by atoms with Crippen LogP contribution >= 0.6 is 28.3 Å². The smallest absolute Gasteiger partial charge is 0.226 e. The Morgan fingerprint density at radius 3 is 2.41 bits per heavy atom. The molecule has 2 aromatic carbocycles. The number of ether oxygens (including phenoxy) is 2. The summed E-state index contributed by atoms with van der Waals surface area (Å²) in [6, 6.07) is 10.8. The fourth-order valence-corrected chi connectivity index (χ4v) is 6.42. The van der Waals surface area contributed by atoms with E-state index >= 15 is 0 Å². The molecule has 0 radical (unpaired) electrons. The predicted molar refractivity (Wildman–Crippen MR) is 142 cm³/mol. The molecule has 0 aliphatic carbocycles. The van der Waals surface area contributed by atoms with E-state index in [0.29, 0.717) is 12.5 Å². The first kappa shape index (κ1) is 25.3. The summed E-state index contributed by atoms with van der Waals surface area (Å²) in [7, 11) is 0. The minimum absolute atomic E-state index is 0. The van der Waals surface area contributed by atoms with Gasteiger partial charge in [-0.15, -0.1) is 12.4 Å². The molecular formula is C27H34BrClN2O3. The molecule has 1 fully saturated rings. The van der Waals surface area contributed by atoms with Crippen molar-refractivity contribution in [3.8, 4) is 11.5 Å². The summed E-state index contributed by atoms with van der Waals surface area (Å²) in [6.45, 7) is 7.80. The average Bonchev–Trinajstić information content (AvgIpc) is 3.53. The molecule has 0 aromatic heterocycles. The standard InChI is InChI=1S/C27H33BrN2O3.ClH/c1-3-24(31)30(19-7-5-4-6-8-19)20-9-13-29(14-10-20)18(2)17-23-21-11-15-33-27(21)25(28)22-12-16-32-26(22)23;/h4-8,18,20H,3,9-17H2,1-2H3;1H. The van der Waals surface area contributed by atoms with E-state index in [-0.39, 0.29) is 24.4 Å². The fourth-order valence-electron chi connectivity index (χ4n) is 5.69. The number of halogens is 2. The summed E-state index contributed by atoms with van der Waals surface area (Å²) in [5.74, 6) is 2.35. The van der Waals surface area contributed by atoms with Crippen molar-refractivity contribution >= 4 is 39.9 Å². The molecule has 0 saturated carbocycles. The molecule has 7 heteroatoms. The number of likely N-dealkylation sites (tertiary alicyclic amines) is 1. The number of hydrogen-bond acceptors (Lipinski definition) is 4. The van der Waals surface area contributed by atoms with E-state index < -0.39 is 0 Å². The number of piperidine rings is 1. The van der Waals surface area contributed by atoms with Gasteiger partial charge in [-0.3, -0.25) is 4.79 Å². The van der Waals surface area contributed by atoms with Gasteiger partial charge in [0.1, 0.15) is 11.5 Å². The van der Waals surface area contributed by atoms with E-state index in [1.807, 2.05) is 30.0 Å². The number of amides is 1. The normalized spacial score (nSPS) is 18.3.